The fourth-order valence-electron chi connectivity index (χ4n) is 1.11. The van der Waals surface area contributed by atoms with E-state index in [0.29, 0.717) is 5.69 Å². The number of benzene rings is 1. The van der Waals surface area contributed by atoms with Gasteiger partial charge in [0.05, 0.1) is 0 Å². The van der Waals surface area contributed by atoms with Gasteiger partial charge in [-0.15, -0.1) is 0 Å². The molecular formula is C12H16IN3O3. The number of hydrogen-bond donors (Lipinski definition) is 3. The number of anilines is 1. The first kappa shape index (κ1) is 15.5. The molecule has 19 heavy (non-hydrogen) atoms. The Hall–Kier alpha value is -1.51. The standard InChI is InChI=1S/C12H16IN3O3/c1-12(2,3)19-11(18)16-15-10(17)14-9-6-4-8(13)5-7-9/h4-7H,1-3H3,(H,16,18)(H2,14,15,17). The Bertz CT molecular complexity index is 454. The minimum atomic E-state index is -0.717. The van der Waals surface area contributed by atoms with Crippen molar-refractivity contribution in [2.75, 3.05) is 5.32 Å². The van der Waals surface area contributed by atoms with Gasteiger partial charge in [0.15, 0.2) is 0 Å². The first-order valence-electron chi connectivity index (χ1n) is 5.58. The van der Waals surface area contributed by atoms with E-state index in [4.69, 9.17) is 4.74 Å². The van der Waals surface area contributed by atoms with Crippen molar-refractivity contribution in [3.8, 4) is 0 Å². The predicted octanol–water partition coefficient (Wildman–Crippen LogP) is 2.85. The third-order valence-corrected chi connectivity index (χ3v) is 2.50. The number of rotatable bonds is 1. The highest BCUT2D eigenvalue weighted by Gasteiger charge is 2.16. The van der Waals surface area contributed by atoms with E-state index in [1.165, 1.54) is 0 Å². The highest BCUT2D eigenvalue weighted by atomic mass is 127. The average molecular weight is 377 g/mol. The first-order valence-corrected chi connectivity index (χ1v) is 6.66. The molecule has 3 N–H and O–H groups in total. The molecule has 6 nitrogen and oxygen atoms in total. The lowest BCUT2D eigenvalue weighted by Gasteiger charge is -2.19. The van der Waals surface area contributed by atoms with Gasteiger partial charge in [0.25, 0.3) is 0 Å². The van der Waals surface area contributed by atoms with Crippen LogP contribution in [0.4, 0.5) is 15.3 Å². The van der Waals surface area contributed by atoms with Crippen molar-refractivity contribution < 1.29 is 14.3 Å². The van der Waals surface area contributed by atoms with Gasteiger partial charge < -0.3 is 10.1 Å². The SMILES string of the molecule is CC(C)(C)OC(=O)NNC(=O)Nc1ccc(I)cc1. The minimum absolute atomic E-state index is 0.549. The summed E-state index contributed by atoms with van der Waals surface area (Å²) in [6.07, 6.45) is -0.717. The van der Waals surface area contributed by atoms with Gasteiger partial charge >= 0.3 is 12.1 Å². The summed E-state index contributed by atoms with van der Waals surface area (Å²) < 4.78 is 6.03. The quantitative estimate of drug-likeness (QED) is 0.520. The summed E-state index contributed by atoms with van der Waals surface area (Å²) in [6, 6.07) is 6.69. The van der Waals surface area contributed by atoms with E-state index >= 15 is 0 Å². The molecule has 0 radical (unpaired) electrons. The molecule has 0 saturated heterocycles. The fraction of sp³-hybridized carbons (Fsp3) is 0.333. The monoisotopic (exact) mass is 377 g/mol. The molecule has 1 rings (SSSR count). The summed E-state index contributed by atoms with van der Waals surface area (Å²) in [4.78, 5) is 22.8. The zero-order valence-electron chi connectivity index (χ0n) is 10.9. The molecule has 0 aromatic heterocycles. The molecule has 1 aromatic carbocycles. The van der Waals surface area contributed by atoms with E-state index in [1.807, 2.05) is 12.1 Å². The molecule has 0 saturated carbocycles. The number of hydrazine groups is 1. The molecule has 104 valence electrons. The van der Waals surface area contributed by atoms with Crippen molar-refractivity contribution in [1.29, 1.82) is 0 Å². The Labute approximate surface area is 125 Å². The molecular weight excluding hydrogens is 361 g/mol. The first-order chi connectivity index (χ1) is 8.76. The molecule has 3 amide bonds. The third-order valence-electron chi connectivity index (χ3n) is 1.78. The maximum Gasteiger partial charge on any atom is 0.426 e. The van der Waals surface area contributed by atoms with E-state index < -0.39 is 17.7 Å². The van der Waals surface area contributed by atoms with Gasteiger partial charge in [-0.2, -0.15) is 0 Å². The van der Waals surface area contributed by atoms with Crippen LogP contribution in [0.15, 0.2) is 24.3 Å². The molecule has 0 heterocycles. The Morgan fingerprint density at radius 3 is 2.21 bits per heavy atom. The maximum atomic E-state index is 11.5. The van der Waals surface area contributed by atoms with Gasteiger partial charge in [0.1, 0.15) is 5.60 Å². The zero-order chi connectivity index (χ0) is 14.5. The van der Waals surface area contributed by atoms with E-state index in [0.717, 1.165) is 3.57 Å². The molecule has 7 heteroatoms. The predicted molar refractivity (Wildman–Crippen MR) is 80.7 cm³/mol. The van der Waals surface area contributed by atoms with Crippen LogP contribution in [-0.4, -0.2) is 17.7 Å². The number of hydrogen-bond acceptors (Lipinski definition) is 3. The third kappa shape index (κ3) is 6.85. The van der Waals surface area contributed by atoms with Crippen LogP contribution >= 0.6 is 22.6 Å². The van der Waals surface area contributed by atoms with Crippen LogP contribution in [0.2, 0.25) is 0 Å². The molecule has 0 bridgehead atoms. The van der Waals surface area contributed by atoms with Crippen LogP contribution in [0.5, 0.6) is 0 Å². The molecule has 1 aromatic rings. The lowest BCUT2D eigenvalue weighted by molar-refractivity contribution is 0.0506. The van der Waals surface area contributed by atoms with Crippen LogP contribution in [0, 0.1) is 3.57 Å². The highest BCUT2D eigenvalue weighted by molar-refractivity contribution is 14.1. The van der Waals surface area contributed by atoms with Gasteiger partial charge in [-0.05, 0) is 67.6 Å². The van der Waals surface area contributed by atoms with Gasteiger partial charge in [-0.3, -0.25) is 0 Å². The molecule has 0 aliphatic rings. The van der Waals surface area contributed by atoms with Crippen LogP contribution in [0.25, 0.3) is 0 Å². The second-order valence-electron chi connectivity index (χ2n) is 4.71. The van der Waals surface area contributed by atoms with E-state index in [9.17, 15) is 9.59 Å². The summed E-state index contributed by atoms with van der Waals surface area (Å²) in [6.45, 7) is 5.20. The highest BCUT2D eigenvalue weighted by Crippen LogP contribution is 2.10. The normalized spacial score (nSPS) is 10.5. The summed E-state index contributed by atoms with van der Waals surface area (Å²) in [7, 11) is 0. The topological polar surface area (TPSA) is 79.5 Å². The smallest absolute Gasteiger partial charge is 0.426 e. The minimum Gasteiger partial charge on any atom is -0.443 e. The van der Waals surface area contributed by atoms with Gasteiger partial charge in [0.2, 0.25) is 0 Å². The number of carbonyl (C=O) groups excluding carboxylic acids is 2. The zero-order valence-corrected chi connectivity index (χ0v) is 13.1. The summed E-state index contributed by atoms with van der Waals surface area (Å²) >= 11 is 2.17. The number of ether oxygens (including phenoxy) is 1. The van der Waals surface area contributed by atoms with Gasteiger partial charge in [0, 0.05) is 9.26 Å². The number of urea groups is 1. The fourth-order valence-corrected chi connectivity index (χ4v) is 1.47. The van der Waals surface area contributed by atoms with Crippen LogP contribution < -0.4 is 16.2 Å². The largest absolute Gasteiger partial charge is 0.443 e. The van der Waals surface area contributed by atoms with Crippen molar-refractivity contribution >= 4 is 40.4 Å². The van der Waals surface area contributed by atoms with Crippen LogP contribution in [0.1, 0.15) is 20.8 Å². The second kappa shape index (κ2) is 6.60. The van der Waals surface area contributed by atoms with E-state index in [2.05, 4.69) is 38.8 Å². The van der Waals surface area contributed by atoms with Gasteiger partial charge in [-0.1, -0.05) is 0 Å². The van der Waals surface area contributed by atoms with Crippen molar-refractivity contribution in [2.45, 2.75) is 26.4 Å². The van der Waals surface area contributed by atoms with Crippen LogP contribution in [-0.2, 0) is 4.74 Å². The molecule has 0 atom stereocenters. The molecule has 0 fully saturated rings. The Balaban J connectivity index is 2.36. The maximum absolute atomic E-state index is 11.5. The number of carbonyl (C=O) groups is 2. The summed E-state index contributed by atoms with van der Waals surface area (Å²) in [5.74, 6) is 0. The van der Waals surface area contributed by atoms with E-state index in [1.54, 1.807) is 32.9 Å². The van der Waals surface area contributed by atoms with Crippen molar-refractivity contribution in [3.05, 3.63) is 27.8 Å². The number of nitrogens with one attached hydrogen (secondary N) is 3. The van der Waals surface area contributed by atoms with Gasteiger partial charge in [-0.25, -0.2) is 20.4 Å². The van der Waals surface area contributed by atoms with Crippen molar-refractivity contribution in [2.24, 2.45) is 0 Å². The van der Waals surface area contributed by atoms with Crippen molar-refractivity contribution in [3.63, 3.8) is 0 Å². The lowest BCUT2D eigenvalue weighted by atomic mass is 10.2. The Kier molecular flexibility index (Phi) is 5.40. The Morgan fingerprint density at radius 2 is 1.68 bits per heavy atom. The molecule has 0 spiro atoms. The second-order valence-corrected chi connectivity index (χ2v) is 5.96. The van der Waals surface area contributed by atoms with Crippen LogP contribution in [0.3, 0.4) is 0 Å². The number of halogens is 1. The molecule has 0 aliphatic carbocycles. The van der Waals surface area contributed by atoms with Crippen molar-refractivity contribution in [1.82, 2.24) is 10.9 Å². The number of amides is 3. The molecule has 0 unspecified atom stereocenters. The average Bonchev–Trinajstić information content (AvgIpc) is 2.27. The summed E-state index contributed by atoms with van der Waals surface area (Å²) in [5, 5.41) is 2.56. The van der Waals surface area contributed by atoms with E-state index in [-0.39, 0.29) is 0 Å². The summed E-state index contributed by atoms with van der Waals surface area (Å²) in [5.41, 5.74) is 4.35. The Morgan fingerprint density at radius 1 is 1.11 bits per heavy atom. The lowest BCUT2D eigenvalue weighted by Crippen LogP contribution is -2.46. The molecule has 0 aliphatic heterocycles.